The summed E-state index contributed by atoms with van der Waals surface area (Å²) in [6.45, 7) is 4.16. The first-order valence-electron chi connectivity index (χ1n) is 8.54. The number of carbonyl (C=O) groups excluding carboxylic acids is 1. The molecular weight excluding hydrogens is 334 g/mol. The summed E-state index contributed by atoms with van der Waals surface area (Å²) in [5, 5.41) is 31.3. The molecule has 7 heteroatoms. The van der Waals surface area contributed by atoms with Crippen LogP contribution in [0.2, 0.25) is 0 Å². The Morgan fingerprint density at radius 3 is 2.31 bits per heavy atom. The van der Waals surface area contributed by atoms with Crippen molar-refractivity contribution in [2.24, 2.45) is 4.99 Å². The van der Waals surface area contributed by atoms with Crippen LogP contribution in [-0.2, 0) is 4.79 Å². The van der Waals surface area contributed by atoms with Gasteiger partial charge in [-0.2, -0.15) is 0 Å². The summed E-state index contributed by atoms with van der Waals surface area (Å²) in [6, 6.07) is 7.41. The van der Waals surface area contributed by atoms with Crippen molar-refractivity contribution in [1.82, 2.24) is 4.90 Å². The summed E-state index contributed by atoms with van der Waals surface area (Å²) < 4.78 is 0. The van der Waals surface area contributed by atoms with Crippen molar-refractivity contribution in [2.45, 2.75) is 6.92 Å². The van der Waals surface area contributed by atoms with E-state index in [2.05, 4.69) is 10.3 Å². The van der Waals surface area contributed by atoms with E-state index in [1.165, 1.54) is 12.2 Å². The van der Waals surface area contributed by atoms with Crippen molar-refractivity contribution < 1.29 is 20.1 Å². The van der Waals surface area contributed by atoms with Crippen molar-refractivity contribution in [3.63, 3.8) is 0 Å². The maximum atomic E-state index is 11.5. The van der Waals surface area contributed by atoms with Gasteiger partial charge in [0.1, 0.15) is 11.5 Å². The molecule has 0 bridgehead atoms. The Morgan fingerprint density at radius 2 is 1.69 bits per heavy atom. The van der Waals surface area contributed by atoms with Gasteiger partial charge in [0.05, 0.1) is 18.9 Å². The zero-order valence-electron chi connectivity index (χ0n) is 14.9. The van der Waals surface area contributed by atoms with Gasteiger partial charge in [-0.05, 0) is 43.3 Å². The maximum Gasteiger partial charge on any atom is 0.185 e. The topological polar surface area (TPSA) is 105 Å². The Morgan fingerprint density at radius 1 is 1.04 bits per heavy atom. The number of allylic oxidation sites excluding steroid dienone is 3. The van der Waals surface area contributed by atoms with Crippen molar-refractivity contribution >= 4 is 22.9 Å². The average Bonchev–Trinajstić information content (AvgIpc) is 2.64. The molecule has 0 radical (unpaired) electrons. The molecule has 0 fully saturated rings. The van der Waals surface area contributed by atoms with Gasteiger partial charge in [-0.1, -0.05) is 0 Å². The molecule has 0 aliphatic heterocycles. The van der Waals surface area contributed by atoms with Crippen molar-refractivity contribution in [2.75, 3.05) is 44.7 Å². The van der Waals surface area contributed by atoms with Gasteiger partial charge in [0.25, 0.3) is 0 Å². The number of aliphatic hydroxyl groups is 3. The van der Waals surface area contributed by atoms with Crippen LogP contribution in [0.3, 0.4) is 0 Å². The summed E-state index contributed by atoms with van der Waals surface area (Å²) in [6.07, 6.45) is 2.90. The van der Waals surface area contributed by atoms with Crippen LogP contribution in [0.25, 0.3) is 0 Å². The van der Waals surface area contributed by atoms with Crippen LogP contribution in [0.15, 0.2) is 52.7 Å². The summed E-state index contributed by atoms with van der Waals surface area (Å²) in [4.78, 5) is 17.8. The Labute approximate surface area is 153 Å². The highest BCUT2D eigenvalue weighted by Gasteiger charge is 2.16. The van der Waals surface area contributed by atoms with E-state index in [1.54, 1.807) is 6.92 Å². The summed E-state index contributed by atoms with van der Waals surface area (Å²) >= 11 is 0. The lowest BCUT2D eigenvalue weighted by molar-refractivity contribution is -0.111. The van der Waals surface area contributed by atoms with Crippen LogP contribution in [0, 0.1) is 0 Å². The van der Waals surface area contributed by atoms with E-state index in [9.17, 15) is 9.90 Å². The molecule has 1 aromatic rings. The van der Waals surface area contributed by atoms with Crippen molar-refractivity contribution in [3.05, 3.63) is 47.7 Å². The highest BCUT2D eigenvalue weighted by Crippen LogP contribution is 2.20. The first-order valence-corrected chi connectivity index (χ1v) is 8.54. The monoisotopic (exact) mass is 359 g/mol. The van der Waals surface area contributed by atoms with E-state index in [0.717, 1.165) is 5.69 Å². The van der Waals surface area contributed by atoms with Gasteiger partial charge in [0, 0.05) is 37.4 Å². The number of benzene rings is 1. The van der Waals surface area contributed by atoms with E-state index in [1.807, 2.05) is 29.2 Å². The van der Waals surface area contributed by atoms with Gasteiger partial charge in [-0.15, -0.1) is 0 Å². The SMILES string of the molecule is CC1=C(O)C(=Nc2ccc(NCCN(CCO)CCO)cc2)C=CC1=O. The second-order valence-electron chi connectivity index (χ2n) is 5.93. The first kappa shape index (κ1) is 19.8. The average molecular weight is 359 g/mol. The van der Waals surface area contributed by atoms with E-state index in [4.69, 9.17) is 10.2 Å². The standard InChI is InChI=1S/C19H25N3O4/c1-14-18(25)7-6-17(19(14)26)21-16-4-2-15(3-5-16)20-8-9-22(10-12-23)11-13-24/h2-7,20,23-24,26H,8-13H2,1H3. The molecule has 2 rings (SSSR count). The lowest BCUT2D eigenvalue weighted by Gasteiger charge is -2.20. The minimum atomic E-state index is -0.211. The minimum Gasteiger partial charge on any atom is -0.505 e. The molecule has 1 aliphatic rings. The fraction of sp³-hybridized carbons (Fsp3) is 0.368. The molecule has 140 valence electrons. The van der Waals surface area contributed by atoms with Crippen molar-refractivity contribution in [3.8, 4) is 0 Å². The third kappa shape index (κ3) is 5.52. The molecule has 0 saturated heterocycles. The van der Waals surface area contributed by atoms with E-state index < -0.39 is 0 Å². The second-order valence-corrected chi connectivity index (χ2v) is 5.93. The molecule has 0 unspecified atom stereocenters. The normalized spacial score (nSPS) is 16.0. The fourth-order valence-electron chi connectivity index (χ4n) is 2.53. The summed E-state index contributed by atoms with van der Waals surface area (Å²) in [5.41, 5.74) is 2.25. The van der Waals surface area contributed by atoms with E-state index in [0.29, 0.717) is 43.2 Å². The predicted octanol–water partition coefficient (Wildman–Crippen LogP) is 1.43. The number of aliphatic hydroxyl groups excluding tert-OH is 3. The van der Waals surface area contributed by atoms with Gasteiger partial charge in [-0.3, -0.25) is 9.69 Å². The second kappa shape index (κ2) is 9.86. The first-order chi connectivity index (χ1) is 12.5. The number of nitrogens with zero attached hydrogens (tertiary/aromatic N) is 2. The Kier molecular flexibility index (Phi) is 7.53. The lowest BCUT2D eigenvalue weighted by atomic mass is 10.0. The predicted molar refractivity (Wildman–Crippen MR) is 102 cm³/mol. The van der Waals surface area contributed by atoms with Crippen LogP contribution in [0.1, 0.15) is 6.92 Å². The molecule has 4 N–H and O–H groups in total. The van der Waals surface area contributed by atoms with Crippen molar-refractivity contribution in [1.29, 1.82) is 0 Å². The number of rotatable bonds is 9. The fourth-order valence-corrected chi connectivity index (χ4v) is 2.53. The lowest BCUT2D eigenvalue weighted by Crippen LogP contribution is -2.34. The number of carbonyl (C=O) groups is 1. The smallest absolute Gasteiger partial charge is 0.185 e. The number of aliphatic imine (C=N–C) groups is 1. The molecule has 7 nitrogen and oxygen atoms in total. The third-order valence-corrected chi connectivity index (χ3v) is 4.07. The van der Waals surface area contributed by atoms with Gasteiger partial charge < -0.3 is 20.6 Å². The number of ketones is 1. The molecule has 0 heterocycles. The molecule has 0 amide bonds. The molecule has 0 spiro atoms. The molecule has 1 aliphatic carbocycles. The minimum absolute atomic E-state index is 0.0653. The molecule has 0 saturated carbocycles. The zero-order chi connectivity index (χ0) is 18.9. The molecule has 26 heavy (non-hydrogen) atoms. The molecular formula is C19H25N3O4. The van der Waals surface area contributed by atoms with Crippen LogP contribution >= 0.6 is 0 Å². The molecule has 0 aromatic heterocycles. The van der Waals surface area contributed by atoms with Gasteiger partial charge >= 0.3 is 0 Å². The summed E-state index contributed by atoms with van der Waals surface area (Å²) in [7, 11) is 0. The Hall–Kier alpha value is -2.48. The largest absolute Gasteiger partial charge is 0.505 e. The van der Waals surface area contributed by atoms with E-state index >= 15 is 0 Å². The third-order valence-electron chi connectivity index (χ3n) is 4.07. The van der Waals surface area contributed by atoms with Gasteiger partial charge in [0.15, 0.2) is 5.78 Å². The summed E-state index contributed by atoms with van der Waals surface area (Å²) in [5.74, 6) is -0.301. The number of hydrogen-bond donors (Lipinski definition) is 4. The van der Waals surface area contributed by atoms with Crippen LogP contribution in [-0.4, -0.2) is 71.1 Å². The number of anilines is 1. The number of hydrogen-bond acceptors (Lipinski definition) is 7. The highest BCUT2D eigenvalue weighted by molar-refractivity contribution is 6.21. The highest BCUT2D eigenvalue weighted by atomic mass is 16.3. The van der Waals surface area contributed by atoms with Gasteiger partial charge in [-0.25, -0.2) is 4.99 Å². The maximum absolute atomic E-state index is 11.5. The Balaban J connectivity index is 1.93. The quantitative estimate of drug-likeness (QED) is 0.497. The zero-order valence-corrected chi connectivity index (χ0v) is 14.9. The van der Waals surface area contributed by atoms with Gasteiger partial charge in [0.2, 0.25) is 0 Å². The molecule has 0 atom stereocenters. The van der Waals surface area contributed by atoms with E-state index in [-0.39, 0.29) is 24.8 Å². The van der Waals surface area contributed by atoms with Crippen LogP contribution in [0.5, 0.6) is 0 Å². The Bertz CT molecular complexity index is 702. The van der Waals surface area contributed by atoms with Crippen LogP contribution < -0.4 is 5.32 Å². The molecule has 1 aromatic carbocycles. The number of nitrogens with one attached hydrogen (secondary N) is 1. The van der Waals surface area contributed by atoms with Crippen LogP contribution in [0.4, 0.5) is 11.4 Å².